The number of aliphatic hydroxyl groups is 1. The molecule has 1 aromatic carbocycles. The molecule has 1 aromatic heterocycles. The first-order valence-electron chi connectivity index (χ1n) is 7.14. The van der Waals surface area contributed by atoms with Crippen LogP contribution in [-0.4, -0.2) is 14.9 Å². The zero-order chi connectivity index (χ0) is 14.1. The number of nitrogens with zero attached hydrogens (tertiary/aromatic N) is 2. The van der Waals surface area contributed by atoms with Crippen molar-refractivity contribution in [3.8, 4) is 5.75 Å². The van der Waals surface area contributed by atoms with E-state index >= 15 is 0 Å². The second-order valence-corrected chi connectivity index (χ2v) is 5.30. The molecule has 0 spiro atoms. The maximum absolute atomic E-state index is 9.80. The summed E-state index contributed by atoms with van der Waals surface area (Å²) >= 11 is 0. The fourth-order valence-corrected chi connectivity index (χ4v) is 2.81. The van der Waals surface area contributed by atoms with Gasteiger partial charge in [0.05, 0.1) is 17.5 Å². The van der Waals surface area contributed by atoms with Crippen LogP contribution < -0.4 is 4.74 Å². The highest BCUT2D eigenvalue weighted by Crippen LogP contribution is 2.33. The maximum atomic E-state index is 9.80. The number of fused-ring (bicyclic) bond motifs is 1. The quantitative estimate of drug-likeness (QED) is 0.931. The van der Waals surface area contributed by atoms with Crippen LogP contribution in [0, 0.1) is 6.92 Å². The van der Waals surface area contributed by atoms with E-state index in [4.69, 9.17) is 4.74 Å². The van der Waals surface area contributed by atoms with Gasteiger partial charge in [-0.3, -0.25) is 4.68 Å². The predicted molar refractivity (Wildman–Crippen MR) is 76.7 cm³/mol. The van der Waals surface area contributed by atoms with Crippen LogP contribution in [0.15, 0.2) is 24.3 Å². The van der Waals surface area contributed by atoms with E-state index < -0.39 is 0 Å². The number of hydrogen-bond acceptors (Lipinski definition) is 3. The summed E-state index contributed by atoms with van der Waals surface area (Å²) in [5.41, 5.74) is 4.36. The van der Waals surface area contributed by atoms with E-state index in [1.807, 2.05) is 29.8 Å². The van der Waals surface area contributed by atoms with Crippen LogP contribution in [0.1, 0.15) is 42.0 Å². The molecule has 0 aliphatic heterocycles. The van der Waals surface area contributed by atoms with E-state index in [1.54, 1.807) is 0 Å². The van der Waals surface area contributed by atoms with Gasteiger partial charge in [-0.2, -0.15) is 5.10 Å². The van der Waals surface area contributed by atoms with Crippen LogP contribution in [-0.2, 0) is 19.6 Å². The first-order chi connectivity index (χ1) is 9.67. The number of ether oxygens (including phenoxy) is 1. The van der Waals surface area contributed by atoms with Crippen LogP contribution in [0.2, 0.25) is 0 Å². The van der Waals surface area contributed by atoms with Gasteiger partial charge in [0.25, 0.3) is 0 Å². The van der Waals surface area contributed by atoms with Crippen molar-refractivity contribution in [2.45, 2.75) is 45.9 Å². The first-order valence-corrected chi connectivity index (χ1v) is 7.14. The van der Waals surface area contributed by atoms with Crippen molar-refractivity contribution >= 4 is 0 Å². The summed E-state index contributed by atoms with van der Waals surface area (Å²) in [6, 6.07) is 8.02. The SMILES string of the molecule is CCn1nc(C)cc1COc1ccc2c(c1)CCC2O. The molecule has 1 atom stereocenters. The van der Waals surface area contributed by atoms with Gasteiger partial charge < -0.3 is 9.84 Å². The van der Waals surface area contributed by atoms with Gasteiger partial charge in [-0.1, -0.05) is 6.07 Å². The third kappa shape index (κ3) is 2.43. The van der Waals surface area contributed by atoms with Crippen LogP contribution >= 0.6 is 0 Å². The van der Waals surface area contributed by atoms with Crippen molar-refractivity contribution in [1.29, 1.82) is 0 Å². The number of aromatic nitrogens is 2. The van der Waals surface area contributed by atoms with Crippen molar-refractivity contribution in [3.63, 3.8) is 0 Å². The molecule has 20 heavy (non-hydrogen) atoms. The number of rotatable bonds is 4. The zero-order valence-corrected chi connectivity index (χ0v) is 12.0. The second-order valence-electron chi connectivity index (χ2n) is 5.30. The molecule has 0 fully saturated rings. The third-order valence-electron chi connectivity index (χ3n) is 3.83. The Bertz CT molecular complexity index is 619. The molecule has 3 rings (SSSR count). The molecule has 106 valence electrons. The average Bonchev–Trinajstić information content (AvgIpc) is 2.99. The molecule has 4 heteroatoms. The largest absolute Gasteiger partial charge is 0.487 e. The van der Waals surface area contributed by atoms with Crippen molar-refractivity contribution in [2.75, 3.05) is 0 Å². The molecule has 1 aliphatic carbocycles. The lowest BCUT2D eigenvalue weighted by atomic mass is 10.1. The highest BCUT2D eigenvalue weighted by atomic mass is 16.5. The Labute approximate surface area is 119 Å². The zero-order valence-electron chi connectivity index (χ0n) is 12.0. The molecule has 2 aromatic rings. The van der Waals surface area contributed by atoms with Crippen LogP contribution in [0.3, 0.4) is 0 Å². The van der Waals surface area contributed by atoms with Gasteiger partial charge in [-0.15, -0.1) is 0 Å². The summed E-state index contributed by atoms with van der Waals surface area (Å²) in [6.45, 7) is 5.44. The van der Waals surface area contributed by atoms with E-state index in [0.717, 1.165) is 42.1 Å². The van der Waals surface area contributed by atoms with E-state index in [-0.39, 0.29) is 6.10 Å². The lowest BCUT2D eigenvalue weighted by Crippen LogP contribution is -2.06. The lowest BCUT2D eigenvalue weighted by molar-refractivity contribution is 0.180. The molecule has 0 saturated carbocycles. The molecular formula is C16H20N2O2. The van der Waals surface area contributed by atoms with Crippen LogP contribution in [0.4, 0.5) is 0 Å². The van der Waals surface area contributed by atoms with E-state index in [1.165, 1.54) is 5.56 Å². The summed E-state index contributed by atoms with van der Waals surface area (Å²) in [5.74, 6) is 0.861. The van der Waals surface area contributed by atoms with Gasteiger partial charge >= 0.3 is 0 Å². The second kappa shape index (κ2) is 5.29. The highest BCUT2D eigenvalue weighted by Gasteiger charge is 2.20. The van der Waals surface area contributed by atoms with Gasteiger partial charge in [0.15, 0.2) is 0 Å². The van der Waals surface area contributed by atoms with Crippen molar-refractivity contribution < 1.29 is 9.84 Å². The Balaban J connectivity index is 1.72. The highest BCUT2D eigenvalue weighted by molar-refractivity contribution is 5.39. The summed E-state index contributed by atoms with van der Waals surface area (Å²) in [6.07, 6.45) is 1.45. The van der Waals surface area contributed by atoms with E-state index in [9.17, 15) is 5.11 Å². The molecule has 1 unspecified atom stereocenters. The topological polar surface area (TPSA) is 47.3 Å². The predicted octanol–water partition coefficient (Wildman–Crippen LogP) is 2.77. The van der Waals surface area contributed by atoms with Gasteiger partial charge in [0, 0.05) is 6.54 Å². The van der Waals surface area contributed by atoms with Gasteiger partial charge in [-0.05, 0) is 56.0 Å². The fourth-order valence-electron chi connectivity index (χ4n) is 2.81. The first kappa shape index (κ1) is 13.2. The Kier molecular flexibility index (Phi) is 3.49. The molecule has 0 amide bonds. The van der Waals surface area contributed by atoms with Crippen LogP contribution in [0.25, 0.3) is 0 Å². The minimum absolute atomic E-state index is 0.303. The normalized spacial score (nSPS) is 17.2. The molecule has 0 saturated heterocycles. The number of hydrogen-bond donors (Lipinski definition) is 1. The molecule has 0 radical (unpaired) electrons. The van der Waals surface area contributed by atoms with Gasteiger partial charge in [-0.25, -0.2) is 0 Å². The standard InChI is InChI=1S/C16H20N2O2/c1-3-18-13(8-11(2)17-18)10-20-14-5-6-15-12(9-14)4-7-16(15)19/h5-6,8-9,16,19H,3-4,7,10H2,1-2H3. The average molecular weight is 272 g/mol. The lowest BCUT2D eigenvalue weighted by Gasteiger charge is -2.10. The summed E-state index contributed by atoms with van der Waals surface area (Å²) in [4.78, 5) is 0. The molecule has 1 heterocycles. The number of aryl methyl sites for hydroxylation is 3. The fraction of sp³-hybridized carbons (Fsp3) is 0.438. The summed E-state index contributed by atoms with van der Waals surface area (Å²) in [7, 11) is 0. The van der Waals surface area contributed by atoms with Gasteiger partial charge in [0.1, 0.15) is 12.4 Å². The number of benzene rings is 1. The minimum atomic E-state index is -0.303. The monoisotopic (exact) mass is 272 g/mol. The third-order valence-corrected chi connectivity index (χ3v) is 3.83. The maximum Gasteiger partial charge on any atom is 0.130 e. The van der Waals surface area contributed by atoms with Crippen molar-refractivity contribution in [1.82, 2.24) is 9.78 Å². The van der Waals surface area contributed by atoms with E-state index in [0.29, 0.717) is 6.61 Å². The van der Waals surface area contributed by atoms with Crippen molar-refractivity contribution in [2.24, 2.45) is 0 Å². The molecule has 1 N–H and O–H groups in total. The minimum Gasteiger partial charge on any atom is -0.487 e. The summed E-state index contributed by atoms with van der Waals surface area (Å²) < 4.78 is 7.83. The number of aliphatic hydroxyl groups excluding tert-OH is 1. The van der Waals surface area contributed by atoms with E-state index in [2.05, 4.69) is 18.1 Å². The molecular weight excluding hydrogens is 252 g/mol. The molecule has 4 nitrogen and oxygen atoms in total. The van der Waals surface area contributed by atoms with Crippen molar-refractivity contribution in [3.05, 3.63) is 46.8 Å². The Hall–Kier alpha value is -1.81. The molecule has 1 aliphatic rings. The smallest absolute Gasteiger partial charge is 0.130 e. The van der Waals surface area contributed by atoms with Crippen LogP contribution in [0.5, 0.6) is 5.75 Å². The summed E-state index contributed by atoms with van der Waals surface area (Å²) in [5, 5.41) is 14.2. The Morgan fingerprint density at radius 3 is 3.05 bits per heavy atom. The van der Waals surface area contributed by atoms with Gasteiger partial charge in [0.2, 0.25) is 0 Å². The molecule has 0 bridgehead atoms. The Morgan fingerprint density at radius 1 is 1.40 bits per heavy atom. The Morgan fingerprint density at radius 2 is 2.25 bits per heavy atom.